The maximum atomic E-state index is 12.5. The molecule has 0 aliphatic carbocycles. The van der Waals surface area contributed by atoms with Crippen molar-refractivity contribution in [3.63, 3.8) is 0 Å². The first kappa shape index (κ1) is 17.1. The molecule has 0 saturated heterocycles. The highest BCUT2D eigenvalue weighted by atomic mass is 32.1. The van der Waals surface area contributed by atoms with Gasteiger partial charge in [-0.1, -0.05) is 47.6 Å². The number of nitrogens with one attached hydrogen (secondary N) is 1. The SMILES string of the molecule is O=NCc1ccc(Cc2cnc(NC(=O)c3coc4ccccc34)s2)cc1. The molecule has 0 atom stereocenters. The number of carbonyl (C=O) groups is 1. The van der Waals surface area contributed by atoms with Gasteiger partial charge in [-0.2, -0.15) is 4.91 Å². The van der Waals surface area contributed by atoms with Crippen LogP contribution >= 0.6 is 11.3 Å². The molecule has 2 aromatic carbocycles. The van der Waals surface area contributed by atoms with E-state index in [4.69, 9.17) is 4.42 Å². The van der Waals surface area contributed by atoms with Crippen molar-refractivity contribution in [1.29, 1.82) is 0 Å². The minimum Gasteiger partial charge on any atom is -0.463 e. The molecular weight excluding hydrogens is 362 g/mol. The Hall–Kier alpha value is -3.32. The van der Waals surface area contributed by atoms with Gasteiger partial charge in [-0.3, -0.25) is 10.1 Å². The number of carbonyl (C=O) groups excluding carboxylic acids is 1. The molecule has 7 heteroatoms. The summed E-state index contributed by atoms with van der Waals surface area (Å²) in [5, 5.41) is 7.03. The Morgan fingerprint density at radius 2 is 1.89 bits per heavy atom. The number of anilines is 1. The van der Waals surface area contributed by atoms with Crippen molar-refractivity contribution in [1.82, 2.24) is 4.98 Å². The van der Waals surface area contributed by atoms with Crippen molar-refractivity contribution < 1.29 is 9.21 Å². The average Bonchev–Trinajstić information content (AvgIpc) is 3.30. The molecule has 1 amide bonds. The van der Waals surface area contributed by atoms with E-state index in [1.54, 1.807) is 6.20 Å². The van der Waals surface area contributed by atoms with E-state index in [9.17, 15) is 9.70 Å². The standard InChI is InChI=1S/C20H15N3O3S/c24-19(17-12-26-18-4-2-1-3-16(17)18)23-20-21-11-15(27-20)9-13-5-7-14(8-6-13)10-22-25/h1-8,11-12H,9-10H2,(H,21,23,24). The quantitative estimate of drug-likeness (QED) is 0.479. The fourth-order valence-electron chi connectivity index (χ4n) is 2.80. The normalized spacial score (nSPS) is 10.8. The Labute approximate surface area is 158 Å². The van der Waals surface area contributed by atoms with Crippen LogP contribution in [-0.2, 0) is 13.0 Å². The number of furan rings is 1. The van der Waals surface area contributed by atoms with E-state index in [1.807, 2.05) is 48.5 Å². The average molecular weight is 377 g/mol. The van der Waals surface area contributed by atoms with Crippen LogP contribution < -0.4 is 5.32 Å². The van der Waals surface area contributed by atoms with Crippen LogP contribution in [-0.4, -0.2) is 10.9 Å². The summed E-state index contributed by atoms with van der Waals surface area (Å²) >= 11 is 1.43. The number of nitrogens with zero attached hydrogens (tertiary/aromatic N) is 2. The van der Waals surface area contributed by atoms with E-state index >= 15 is 0 Å². The van der Waals surface area contributed by atoms with E-state index < -0.39 is 0 Å². The van der Waals surface area contributed by atoms with Crippen LogP contribution in [0, 0.1) is 4.91 Å². The van der Waals surface area contributed by atoms with E-state index in [-0.39, 0.29) is 12.5 Å². The highest BCUT2D eigenvalue weighted by Crippen LogP contribution is 2.25. The summed E-state index contributed by atoms with van der Waals surface area (Å²) < 4.78 is 5.41. The topological polar surface area (TPSA) is 84.6 Å². The van der Waals surface area contributed by atoms with Gasteiger partial charge in [-0.15, -0.1) is 11.3 Å². The van der Waals surface area contributed by atoms with Crippen molar-refractivity contribution >= 4 is 33.3 Å². The molecule has 0 unspecified atom stereocenters. The first-order chi connectivity index (χ1) is 13.2. The van der Waals surface area contributed by atoms with Gasteiger partial charge in [-0.05, 0) is 17.2 Å². The van der Waals surface area contributed by atoms with Crippen LogP contribution in [0.3, 0.4) is 0 Å². The third-order valence-electron chi connectivity index (χ3n) is 4.15. The lowest BCUT2D eigenvalue weighted by atomic mass is 10.1. The number of hydrogen-bond acceptors (Lipinski definition) is 6. The van der Waals surface area contributed by atoms with Crippen molar-refractivity contribution in [2.45, 2.75) is 13.0 Å². The molecule has 0 aliphatic heterocycles. The van der Waals surface area contributed by atoms with Crippen LogP contribution in [0.5, 0.6) is 0 Å². The zero-order chi connectivity index (χ0) is 18.6. The number of aromatic nitrogens is 1. The van der Waals surface area contributed by atoms with Gasteiger partial charge in [0.05, 0.1) is 5.56 Å². The molecule has 0 saturated carbocycles. The van der Waals surface area contributed by atoms with E-state index in [0.717, 1.165) is 21.4 Å². The number of para-hydroxylation sites is 1. The van der Waals surface area contributed by atoms with Gasteiger partial charge in [-0.25, -0.2) is 4.98 Å². The second-order valence-electron chi connectivity index (χ2n) is 6.01. The fraction of sp³-hybridized carbons (Fsp3) is 0.100. The summed E-state index contributed by atoms with van der Waals surface area (Å²) in [6.45, 7) is 0.180. The minimum atomic E-state index is -0.244. The van der Waals surface area contributed by atoms with Gasteiger partial charge in [0.2, 0.25) is 0 Å². The first-order valence-corrected chi connectivity index (χ1v) is 9.14. The van der Waals surface area contributed by atoms with Crippen molar-refractivity contribution in [3.8, 4) is 0 Å². The summed E-state index contributed by atoms with van der Waals surface area (Å²) in [6, 6.07) is 15.1. The van der Waals surface area contributed by atoms with Crippen LogP contribution in [0.2, 0.25) is 0 Å². The molecule has 0 bridgehead atoms. The lowest BCUT2D eigenvalue weighted by Gasteiger charge is -2.00. The zero-order valence-electron chi connectivity index (χ0n) is 14.2. The maximum Gasteiger partial charge on any atom is 0.261 e. The number of hydrogen-bond donors (Lipinski definition) is 1. The molecule has 2 aromatic heterocycles. The molecule has 0 radical (unpaired) electrons. The molecule has 2 heterocycles. The Morgan fingerprint density at radius 3 is 2.70 bits per heavy atom. The summed E-state index contributed by atoms with van der Waals surface area (Å²) in [6.07, 6.45) is 3.93. The highest BCUT2D eigenvalue weighted by Gasteiger charge is 2.15. The summed E-state index contributed by atoms with van der Waals surface area (Å²) in [5.74, 6) is -0.244. The third-order valence-corrected chi connectivity index (χ3v) is 5.06. The van der Waals surface area contributed by atoms with Gasteiger partial charge >= 0.3 is 0 Å². The largest absolute Gasteiger partial charge is 0.463 e. The molecule has 134 valence electrons. The predicted octanol–water partition coefficient (Wildman–Crippen LogP) is 5.00. The van der Waals surface area contributed by atoms with Gasteiger partial charge in [0.15, 0.2) is 5.13 Å². The molecule has 0 fully saturated rings. The van der Waals surface area contributed by atoms with Crippen LogP contribution in [0.4, 0.5) is 5.13 Å². The maximum absolute atomic E-state index is 12.5. The van der Waals surface area contributed by atoms with Gasteiger partial charge in [0, 0.05) is 22.9 Å². The monoisotopic (exact) mass is 377 g/mol. The molecule has 6 nitrogen and oxygen atoms in total. The van der Waals surface area contributed by atoms with E-state index in [0.29, 0.717) is 22.7 Å². The van der Waals surface area contributed by atoms with Crippen LogP contribution in [0.15, 0.2) is 70.6 Å². The molecular formula is C20H15N3O3S. The van der Waals surface area contributed by atoms with E-state index in [1.165, 1.54) is 17.6 Å². The predicted molar refractivity (Wildman–Crippen MR) is 105 cm³/mol. The number of thiazole rings is 1. The van der Waals surface area contributed by atoms with Crippen molar-refractivity contribution in [2.75, 3.05) is 5.32 Å². The van der Waals surface area contributed by atoms with Crippen LogP contribution in [0.1, 0.15) is 26.4 Å². The molecule has 0 spiro atoms. The molecule has 0 aliphatic rings. The lowest BCUT2D eigenvalue weighted by Crippen LogP contribution is -2.10. The van der Waals surface area contributed by atoms with Gasteiger partial charge < -0.3 is 4.42 Å². The molecule has 4 rings (SSSR count). The van der Waals surface area contributed by atoms with Gasteiger partial charge in [0.1, 0.15) is 18.4 Å². The fourth-order valence-corrected chi connectivity index (χ4v) is 3.65. The molecule has 4 aromatic rings. The minimum absolute atomic E-state index is 0.180. The van der Waals surface area contributed by atoms with Crippen LogP contribution in [0.25, 0.3) is 11.0 Å². The first-order valence-electron chi connectivity index (χ1n) is 8.32. The molecule has 1 N–H and O–H groups in total. The number of rotatable bonds is 6. The number of fused-ring (bicyclic) bond motifs is 1. The zero-order valence-corrected chi connectivity index (χ0v) is 15.0. The van der Waals surface area contributed by atoms with Gasteiger partial charge in [0.25, 0.3) is 5.91 Å². The lowest BCUT2D eigenvalue weighted by molar-refractivity contribution is 0.102. The summed E-state index contributed by atoms with van der Waals surface area (Å²) in [7, 11) is 0. The summed E-state index contributed by atoms with van der Waals surface area (Å²) in [4.78, 5) is 28.1. The highest BCUT2D eigenvalue weighted by molar-refractivity contribution is 7.15. The Morgan fingerprint density at radius 1 is 1.11 bits per heavy atom. The van der Waals surface area contributed by atoms with Crippen molar-refractivity contribution in [2.24, 2.45) is 5.18 Å². The third kappa shape index (κ3) is 3.78. The molecule has 27 heavy (non-hydrogen) atoms. The van der Waals surface area contributed by atoms with Crippen molar-refractivity contribution in [3.05, 3.63) is 87.5 Å². The second-order valence-corrected chi connectivity index (χ2v) is 7.13. The van der Waals surface area contributed by atoms with E-state index in [2.05, 4.69) is 15.5 Å². The Bertz CT molecular complexity index is 1100. The smallest absolute Gasteiger partial charge is 0.261 e. The number of benzene rings is 2. The number of nitroso groups, excluding NO2 is 1. The second kappa shape index (κ2) is 7.51. The number of amides is 1. The Balaban J connectivity index is 1.44. The Kier molecular flexibility index (Phi) is 4.76. The summed E-state index contributed by atoms with van der Waals surface area (Å²) in [5.41, 5.74) is 3.16.